The Kier molecular flexibility index (Phi) is 6.24. The summed E-state index contributed by atoms with van der Waals surface area (Å²) in [6.45, 7) is 6.87. The molecule has 1 aliphatic heterocycles. The fraction of sp³-hybridized carbons (Fsp3) is 0.455. The second kappa shape index (κ2) is 8.69. The maximum Gasteiger partial charge on any atom is 0.290 e. The summed E-state index contributed by atoms with van der Waals surface area (Å²) >= 11 is 0. The van der Waals surface area contributed by atoms with Crippen molar-refractivity contribution in [2.24, 2.45) is 7.05 Å². The van der Waals surface area contributed by atoms with E-state index in [1.165, 1.54) is 10.0 Å². The van der Waals surface area contributed by atoms with E-state index in [1.807, 2.05) is 51.1 Å². The van der Waals surface area contributed by atoms with E-state index < -0.39 is 0 Å². The molecule has 1 fully saturated rings. The highest BCUT2D eigenvalue weighted by molar-refractivity contribution is 5.95. The van der Waals surface area contributed by atoms with Gasteiger partial charge in [0.2, 0.25) is 5.91 Å². The van der Waals surface area contributed by atoms with Gasteiger partial charge in [0.05, 0.1) is 18.7 Å². The van der Waals surface area contributed by atoms with Crippen LogP contribution in [0.3, 0.4) is 0 Å². The molecule has 30 heavy (non-hydrogen) atoms. The number of carbonyl (C=O) groups is 3. The Bertz CT molecular complexity index is 930. The van der Waals surface area contributed by atoms with Gasteiger partial charge in [-0.2, -0.15) is 5.10 Å². The molecule has 0 spiro atoms. The first-order valence-corrected chi connectivity index (χ1v) is 10.1. The Morgan fingerprint density at radius 3 is 2.37 bits per heavy atom. The van der Waals surface area contributed by atoms with E-state index in [-0.39, 0.29) is 36.1 Å². The van der Waals surface area contributed by atoms with Crippen LogP contribution in [0.15, 0.2) is 36.4 Å². The summed E-state index contributed by atoms with van der Waals surface area (Å²) in [4.78, 5) is 37.9. The van der Waals surface area contributed by atoms with Gasteiger partial charge >= 0.3 is 0 Å². The summed E-state index contributed by atoms with van der Waals surface area (Å²) in [5.41, 5.74) is 1.96. The molecular weight excluding hydrogens is 382 g/mol. The number of hydrogen-bond donors (Lipinski definition) is 1. The van der Waals surface area contributed by atoms with Gasteiger partial charge in [-0.25, -0.2) is 10.0 Å². The van der Waals surface area contributed by atoms with Gasteiger partial charge in [0.1, 0.15) is 5.69 Å². The molecule has 0 aliphatic carbocycles. The number of rotatable bonds is 5. The fourth-order valence-electron chi connectivity index (χ4n) is 3.36. The SMILES string of the molecule is Cn1nc(C(C)(C)C)cc1C(=O)N1CCCN1C(=O)CNC(=O)Cc1ccccc1. The summed E-state index contributed by atoms with van der Waals surface area (Å²) in [7, 11) is 1.73. The van der Waals surface area contributed by atoms with E-state index in [4.69, 9.17) is 0 Å². The van der Waals surface area contributed by atoms with Gasteiger partial charge in [-0.3, -0.25) is 19.1 Å². The van der Waals surface area contributed by atoms with Gasteiger partial charge in [0.15, 0.2) is 0 Å². The third-order valence-corrected chi connectivity index (χ3v) is 5.07. The lowest BCUT2D eigenvalue weighted by Crippen LogP contribution is -2.49. The number of carbonyl (C=O) groups excluding carboxylic acids is 3. The lowest BCUT2D eigenvalue weighted by Gasteiger charge is -2.27. The summed E-state index contributed by atoms with van der Waals surface area (Å²) < 4.78 is 1.56. The van der Waals surface area contributed by atoms with Crippen molar-refractivity contribution in [3.05, 3.63) is 53.3 Å². The zero-order chi connectivity index (χ0) is 21.9. The van der Waals surface area contributed by atoms with E-state index in [2.05, 4.69) is 10.4 Å². The Morgan fingerprint density at radius 1 is 1.07 bits per heavy atom. The molecule has 3 rings (SSSR count). The monoisotopic (exact) mass is 411 g/mol. The van der Waals surface area contributed by atoms with Crippen molar-refractivity contribution < 1.29 is 14.4 Å². The first-order chi connectivity index (χ1) is 14.2. The summed E-state index contributed by atoms with van der Waals surface area (Å²) in [5, 5.41) is 9.99. The number of nitrogens with zero attached hydrogens (tertiary/aromatic N) is 4. The largest absolute Gasteiger partial charge is 0.347 e. The maximum absolute atomic E-state index is 13.1. The smallest absolute Gasteiger partial charge is 0.290 e. The quantitative estimate of drug-likeness (QED) is 0.811. The molecule has 0 radical (unpaired) electrons. The summed E-state index contributed by atoms with van der Waals surface area (Å²) in [6, 6.07) is 11.1. The van der Waals surface area contributed by atoms with Gasteiger partial charge in [-0.15, -0.1) is 0 Å². The number of nitrogens with one attached hydrogen (secondary N) is 1. The van der Waals surface area contributed by atoms with E-state index in [0.717, 1.165) is 11.3 Å². The highest BCUT2D eigenvalue weighted by Gasteiger charge is 2.33. The topological polar surface area (TPSA) is 87.5 Å². The number of benzene rings is 1. The van der Waals surface area contributed by atoms with Crippen molar-refractivity contribution in [2.45, 2.75) is 39.0 Å². The molecule has 1 aromatic heterocycles. The van der Waals surface area contributed by atoms with Crippen LogP contribution in [-0.2, 0) is 28.5 Å². The van der Waals surface area contributed by atoms with Crippen molar-refractivity contribution >= 4 is 17.7 Å². The lowest BCUT2D eigenvalue weighted by atomic mass is 9.92. The van der Waals surface area contributed by atoms with E-state index >= 15 is 0 Å². The number of aromatic nitrogens is 2. The minimum Gasteiger partial charge on any atom is -0.347 e. The lowest BCUT2D eigenvalue weighted by molar-refractivity contribution is -0.140. The van der Waals surface area contributed by atoms with Crippen molar-refractivity contribution in [1.29, 1.82) is 0 Å². The molecule has 1 N–H and O–H groups in total. The maximum atomic E-state index is 13.1. The number of amides is 3. The van der Waals surface area contributed by atoms with Gasteiger partial charge in [-0.1, -0.05) is 51.1 Å². The molecule has 2 aromatic rings. The number of hydrogen-bond acceptors (Lipinski definition) is 4. The molecule has 1 aliphatic rings. The van der Waals surface area contributed by atoms with Crippen LogP contribution in [0.2, 0.25) is 0 Å². The van der Waals surface area contributed by atoms with Crippen LogP contribution in [0.25, 0.3) is 0 Å². The van der Waals surface area contributed by atoms with Gasteiger partial charge in [-0.05, 0) is 18.1 Å². The van der Waals surface area contributed by atoms with Crippen LogP contribution in [0.1, 0.15) is 48.9 Å². The highest BCUT2D eigenvalue weighted by Crippen LogP contribution is 2.23. The third-order valence-electron chi connectivity index (χ3n) is 5.07. The van der Waals surface area contributed by atoms with Crippen LogP contribution < -0.4 is 5.32 Å². The van der Waals surface area contributed by atoms with Crippen molar-refractivity contribution in [3.8, 4) is 0 Å². The molecule has 0 saturated carbocycles. The number of hydrazine groups is 1. The highest BCUT2D eigenvalue weighted by atomic mass is 16.2. The standard InChI is InChI=1S/C22H29N5O3/c1-22(2,3)18-14-17(25(4)24-18)21(30)27-12-8-11-26(27)20(29)15-23-19(28)13-16-9-6-5-7-10-16/h5-7,9-10,14H,8,11-13,15H2,1-4H3,(H,23,28). The molecule has 0 unspecified atom stereocenters. The molecule has 0 bridgehead atoms. The van der Waals surface area contributed by atoms with Gasteiger partial charge in [0.25, 0.3) is 11.8 Å². The number of aryl methyl sites for hydroxylation is 1. The Labute approximate surface area is 176 Å². The normalized spacial score (nSPS) is 14.1. The van der Waals surface area contributed by atoms with Crippen molar-refractivity contribution in [1.82, 2.24) is 25.1 Å². The molecule has 160 valence electrons. The second-order valence-electron chi connectivity index (χ2n) is 8.53. The summed E-state index contributed by atoms with van der Waals surface area (Å²) in [5.74, 6) is -0.796. The summed E-state index contributed by atoms with van der Waals surface area (Å²) in [6.07, 6.45) is 0.904. The van der Waals surface area contributed by atoms with Crippen molar-refractivity contribution in [2.75, 3.05) is 19.6 Å². The van der Waals surface area contributed by atoms with Gasteiger partial charge < -0.3 is 5.32 Å². The molecule has 1 saturated heterocycles. The molecule has 0 atom stereocenters. The van der Waals surface area contributed by atoms with Crippen LogP contribution in [0.5, 0.6) is 0 Å². The molecular formula is C22H29N5O3. The van der Waals surface area contributed by atoms with E-state index in [0.29, 0.717) is 25.2 Å². The molecule has 8 heteroatoms. The third kappa shape index (κ3) is 4.87. The van der Waals surface area contributed by atoms with E-state index in [1.54, 1.807) is 17.8 Å². The first kappa shape index (κ1) is 21.5. The minimum atomic E-state index is -0.305. The predicted molar refractivity (Wildman–Crippen MR) is 112 cm³/mol. The zero-order valence-corrected chi connectivity index (χ0v) is 18.0. The van der Waals surface area contributed by atoms with Crippen molar-refractivity contribution in [3.63, 3.8) is 0 Å². The van der Waals surface area contributed by atoms with E-state index in [9.17, 15) is 14.4 Å². The zero-order valence-electron chi connectivity index (χ0n) is 18.0. The fourth-order valence-corrected chi connectivity index (χ4v) is 3.36. The first-order valence-electron chi connectivity index (χ1n) is 10.1. The average molecular weight is 412 g/mol. The molecule has 2 heterocycles. The molecule has 1 aromatic carbocycles. The minimum absolute atomic E-state index is 0.145. The van der Waals surface area contributed by atoms with Crippen LogP contribution in [0.4, 0.5) is 0 Å². The second-order valence-corrected chi connectivity index (χ2v) is 8.53. The van der Waals surface area contributed by atoms with Crippen LogP contribution in [-0.4, -0.2) is 57.2 Å². The van der Waals surface area contributed by atoms with Crippen LogP contribution >= 0.6 is 0 Å². The molecule has 8 nitrogen and oxygen atoms in total. The predicted octanol–water partition coefficient (Wildman–Crippen LogP) is 1.67. The van der Waals surface area contributed by atoms with Crippen LogP contribution in [0, 0.1) is 0 Å². The molecule has 3 amide bonds. The Hall–Kier alpha value is -3.16. The Balaban J connectivity index is 1.62. The van der Waals surface area contributed by atoms with Gasteiger partial charge in [0, 0.05) is 25.6 Å². The average Bonchev–Trinajstić information content (AvgIpc) is 3.33. The Morgan fingerprint density at radius 2 is 1.73 bits per heavy atom.